The largest absolute Gasteiger partial charge is 0.399 e. The molecule has 0 aliphatic rings. The molecule has 0 fully saturated rings. The Kier molecular flexibility index (Phi) is 3.76. The molecule has 90 valence electrons. The molecule has 6 heteroatoms. The highest BCUT2D eigenvalue weighted by Gasteiger charge is 2.06. The van der Waals surface area contributed by atoms with E-state index >= 15 is 0 Å². The monoisotopic (exact) mass is 270 g/mol. The van der Waals surface area contributed by atoms with Gasteiger partial charge in [-0.2, -0.15) is 0 Å². The van der Waals surface area contributed by atoms with Crippen LogP contribution >= 0.6 is 23.2 Å². The SMILES string of the molecule is Nc1cc(Cl)c(NCCc2cnc[nH]2)c(Cl)c1. The van der Waals surface area contributed by atoms with Crippen molar-refractivity contribution >= 4 is 34.6 Å². The lowest BCUT2D eigenvalue weighted by Crippen LogP contribution is -2.06. The third-order valence-electron chi connectivity index (χ3n) is 2.32. The summed E-state index contributed by atoms with van der Waals surface area (Å²) in [4.78, 5) is 6.97. The normalized spacial score (nSPS) is 10.5. The topological polar surface area (TPSA) is 66.7 Å². The fraction of sp³-hybridized carbons (Fsp3) is 0.182. The van der Waals surface area contributed by atoms with Crippen molar-refractivity contribution in [2.45, 2.75) is 6.42 Å². The maximum atomic E-state index is 6.05. The highest BCUT2D eigenvalue weighted by Crippen LogP contribution is 2.32. The molecule has 2 aromatic rings. The Bertz CT molecular complexity index is 473. The van der Waals surface area contributed by atoms with Gasteiger partial charge in [0.1, 0.15) is 0 Å². The second kappa shape index (κ2) is 5.29. The van der Waals surface area contributed by atoms with Crippen molar-refractivity contribution in [2.75, 3.05) is 17.6 Å². The second-order valence-corrected chi connectivity index (χ2v) is 4.43. The Labute approximate surface area is 109 Å². The van der Waals surface area contributed by atoms with Gasteiger partial charge in [-0.05, 0) is 12.1 Å². The minimum Gasteiger partial charge on any atom is -0.399 e. The lowest BCUT2D eigenvalue weighted by atomic mass is 10.2. The number of anilines is 2. The molecule has 0 bridgehead atoms. The van der Waals surface area contributed by atoms with E-state index in [-0.39, 0.29) is 0 Å². The number of nitrogens with two attached hydrogens (primary N) is 1. The van der Waals surface area contributed by atoms with Crippen molar-refractivity contribution in [1.29, 1.82) is 0 Å². The number of rotatable bonds is 4. The van der Waals surface area contributed by atoms with Crippen LogP contribution in [0.5, 0.6) is 0 Å². The maximum Gasteiger partial charge on any atom is 0.0921 e. The number of benzene rings is 1. The second-order valence-electron chi connectivity index (χ2n) is 3.61. The van der Waals surface area contributed by atoms with Crippen molar-refractivity contribution in [3.63, 3.8) is 0 Å². The molecule has 1 aromatic heterocycles. The number of nitrogens with zero attached hydrogens (tertiary/aromatic N) is 1. The van der Waals surface area contributed by atoms with E-state index in [1.165, 1.54) is 0 Å². The van der Waals surface area contributed by atoms with Gasteiger partial charge >= 0.3 is 0 Å². The van der Waals surface area contributed by atoms with Crippen molar-refractivity contribution in [2.24, 2.45) is 0 Å². The molecule has 4 nitrogen and oxygen atoms in total. The van der Waals surface area contributed by atoms with Gasteiger partial charge in [-0.3, -0.25) is 0 Å². The van der Waals surface area contributed by atoms with E-state index in [1.54, 1.807) is 24.7 Å². The first-order chi connectivity index (χ1) is 8.16. The van der Waals surface area contributed by atoms with Gasteiger partial charge in [-0.15, -0.1) is 0 Å². The van der Waals surface area contributed by atoms with Crippen LogP contribution in [-0.4, -0.2) is 16.5 Å². The average molecular weight is 271 g/mol. The molecule has 1 heterocycles. The number of aromatic nitrogens is 2. The van der Waals surface area contributed by atoms with E-state index < -0.39 is 0 Å². The van der Waals surface area contributed by atoms with E-state index in [0.29, 0.717) is 28.0 Å². The first-order valence-electron chi connectivity index (χ1n) is 5.12. The van der Waals surface area contributed by atoms with Crippen LogP contribution in [0.1, 0.15) is 5.69 Å². The van der Waals surface area contributed by atoms with E-state index in [0.717, 1.165) is 12.1 Å². The third kappa shape index (κ3) is 3.05. The molecule has 0 spiro atoms. The number of nitrogens with one attached hydrogen (secondary N) is 2. The summed E-state index contributed by atoms with van der Waals surface area (Å²) >= 11 is 12.1. The van der Waals surface area contributed by atoms with Crippen LogP contribution in [0, 0.1) is 0 Å². The Hall–Kier alpha value is -1.39. The fourth-order valence-electron chi connectivity index (χ4n) is 1.51. The molecule has 1 aromatic carbocycles. The summed E-state index contributed by atoms with van der Waals surface area (Å²) in [5.41, 5.74) is 7.94. The zero-order valence-corrected chi connectivity index (χ0v) is 10.5. The molecule has 0 radical (unpaired) electrons. The highest BCUT2D eigenvalue weighted by atomic mass is 35.5. The van der Waals surface area contributed by atoms with Crippen LogP contribution in [-0.2, 0) is 6.42 Å². The predicted molar refractivity (Wildman–Crippen MR) is 71.7 cm³/mol. The molecule has 17 heavy (non-hydrogen) atoms. The molecule has 0 aliphatic carbocycles. The summed E-state index contributed by atoms with van der Waals surface area (Å²) in [6, 6.07) is 3.35. The van der Waals surface area contributed by atoms with Gasteiger partial charge in [-0.1, -0.05) is 23.2 Å². The predicted octanol–water partition coefficient (Wildman–Crippen LogP) is 2.95. The van der Waals surface area contributed by atoms with Crippen molar-refractivity contribution < 1.29 is 0 Å². The number of aromatic amines is 1. The number of imidazole rings is 1. The van der Waals surface area contributed by atoms with Crippen LogP contribution in [0.2, 0.25) is 10.0 Å². The van der Waals surface area contributed by atoms with E-state index in [1.807, 2.05) is 0 Å². The summed E-state index contributed by atoms with van der Waals surface area (Å²) in [5, 5.41) is 4.23. The molecule has 0 atom stereocenters. The van der Waals surface area contributed by atoms with Gasteiger partial charge in [-0.25, -0.2) is 4.98 Å². The molecule has 0 aliphatic heterocycles. The van der Waals surface area contributed by atoms with Gasteiger partial charge in [0.15, 0.2) is 0 Å². The number of H-pyrrole nitrogens is 1. The molecule has 4 N–H and O–H groups in total. The molecule has 2 rings (SSSR count). The smallest absolute Gasteiger partial charge is 0.0921 e. The third-order valence-corrected chi connectivity index (χ3v) is 2.91. The van der Waals surface area contributed by atoms with Gasteiger partial charge in [0, 0.05) is 30.5 Å². The summed E-state index contributed by atoms with van der Waals surface area (Å²) in [7, 11) is 0. The molecule has 0 amide bonds. The Balaban J connectivity index is 1.99. The van der Waals surface area contributed by atoms with Crippen LogP contribution in [0.25, 0.3) is 0 Å². The summed E-state index contributed by atoms with van der Waals surface area (Å²) in [6.45, 7) is 0.714. The first-order valence-corrected chi connectivity index (χ1v) is 5.88. The van der Waals surface area contributed by atoms with E-state index in [9.17, 15) is 0 Å². The standard InChI is InChI=1S/C11H12Cl2N4/c12-9-3-7(14)4-10(13)11(9)16-2-1-8-5-15-6-17-8/h3-6,16H,1-2,14H2,(H,15,17). The number of nitrogen functional groups attached to an aromatic ring is 1. The van der Waals surface area contributed by atoms with Crippen LogP contribution in [0.3, 0.4) is 0 Å². The summed E-state index contributed by atoms with van der Waals surface area (Å²) in [5.74, 6) is 0. The van der Waals surface area contributed by atoms with Crippen LogP contribution in [0.15, 0.2) is 24.7 Å². The Morgan fingerprint density at radius 1 is 1.29 bits per heavy atom. The lowest BCUT2D eigenvalue weighted by Gasteiger charge is -2.10. The summed E-state index contributed by atoms with van der Waals surface area (Å²) < 4.78 is 0. The highest BCUT2D eigenvalue weighted by molar-refractivity contribution is 6.39. The van der Waals surface area contributed by atoms with Crippen molar-refractivity contribution in [3.05, 3.63) is 40.4 Å². The minimum absolute atomic E-state index is 0.527. The van der Waals surface area contributed by atoms with Gasteiger partial charge < -0.3 is 16.0 Å². The van der Waals surface area contributed by atoms with Crippen molar-refractivity contribution in [3.8, 4) is 0 Å². The zero-order valence-electron chi connectivity index (χ0n) is 9.00. The summed E-state index contributed by atoms with van der Waals surface area (Å²) in [6.07, 6.45) is 4.25. The lowest BCUT2D eigenvalue weighted by molar-refractivity contribution is 0.977. The zero-order chi connectivity index (χ0) is 12.3. The van der Waals surface area contributed by atoms with Gasteiger partial charge in [0.2, 0.25) is 0 Å². The number of hydrogen-bond donors (Lipinski definition) is 3. The van der Waals surface area contributed by atoms with Crippen LogP contribution in [0.4, 0.5) is 11.4 Å². The van der Waals surface area contributed by atoms with Crippen LogP contribution < -0.4 is 11.1 Å². The number of hydrogen-bond acceptors (Lipinski definition) is 3. The Morgan fingerprint density at radius 2 is 2.00 bits per heavy atom. The van der Waals surface area contributed by atoms with Gasteiger partial charge in [0.05, 0.1) is 22.1 Å². The van der Waals surface area contributed by atoms with Crippen molar-refractivity contribution in [1.82, 2.24) is 9.97 Å². The first kappa shape index (κ1) is 12.1. The minimum atomic E-state index is 0.527. The molecule has 0 saturated carbocycles. The fourth-order valence-corrected chi connectivity index (χ4v) is 2.14. The Morgan fingerprint density at radius 3 is 2.59 bits per heavy atom. The average Bonchev–Trinajstić information content (AvgIpc) is 2.74. The quantitative estimate of drug-likeness (QED) is 0.749. The molecule has 0 unspecified atom stereocenters. The van der Waals surface area contributed by atoms with Gasteiger partial charge in [0.25, 0.3) is 0 Å². The van der Waals surface area contributed by atoms with E-state index in [2.05, 4.69) is 15.3 Å². The molecule has 0 saturated heterocycles. The maximum absolute atomic E-state index is 6.05. The molecular weight excluding hydrogens is 259 g/mol. The number of halogens is 2. The van der Waals surface area contributed by atoms with E-state index in [4.69, 9.17) is 28.9 Å². The molecular formula is C11H12Cl2N4.